The first-order valence-corrected chi connectivity index (χ1v) is 5.84. The fourth-order valence-electron chi connectivity index (χ4n) is 1.46. The second-order valence-electron chi connectivity index (χ2n) is 5.20. The van der Waals surface area contributed by atoms with Crippen molar-refractivity contribution in [3.05, 3.63) is 33.7 Å². The van der Waals surface area contributed by atoms with Crippen LogP contribution in [0.15, 0.2) is 17.1 Å². The lowest BCUT2D eigenvalue weighted by molar-refractivity contribution is 0.0284. The minimum Gasteiger partial charge on any atom is -0.444 e. The molecule has 1 N–H and O–H groups in total. The van der Waals surface area contributed by atoms with Gasteiger partial charge < -0.3 is 14.6 Å². The van der Waals surface area contributed by atoms with Gasteiger partial charge in [0.15, 0.2) is 6.29 Å². The Morgan fingerprint density at radius 2 is 2.11 bits per heavy atom. The van der Waals surface area contributed by atoms with E-state index in [1.54, 1.807) is 33.9 Å². The maximum atomic E-state index is 11.8. The Hall–Kier alpha value is -2.11. The van der Waals surface area contributed by atoms with Crippen LogP contribution >= 0.6 is 0 Å². The molecule has 0 bridgehead atoms. The molecule has 1 aromatic heterocycles. The van der Waals surface area contributed by atoms with Gasteiger partial charge >= 0.3 is 6.09 Å². The van der Waals surface area contributed by atoms with Crippen LogP contribution in [0.5, 0.6) is 0 Å². The van der Waals surface area contributed by atoms with Crippen LogP contribution < -0.4 is 5.56 Å². The number of hydrogen-bond acceptors (Lipinski definition) is 4. The number of nitrogens with one attached hydrogen (secondary N) is 1. The lowest BCUT2D eigenvalue weighted by Crippen LogP contribution is -2.34. The van der Waals surface area contributed by atoms with Gasteiger partial charge in [-0.15, -0.1) is 0 Å². The summed E-state index contributed by atoms with van der Waals surface area (Å²) in [5, 5.41) is 0. The number of aromatic nitrogens is 1. The minimum absolute atomic E-state index is 0.0258. The fraction of sp³-hybridized carbons (Fsp3) is 0.462. The molecule has 0 saturated heterocycles. The van der Waals surface area contributed by atoms with Gasteiger partial charge in [0, 0.05) is 19.8 Å². The van der Waals surface area contributed by atoms with E-state index in [9.17, 15) is 14.4 Å². The molecule has 1 rings (SSSR count). The SMILES string of the molecule is CN(Cc1cc[nH]c(=O)c1C=O)C(=O)OC(C)(C)C. The molecule has 19 heavy (non-hydrogen) atoms. The molecule has 1 aromatic rings. The Balaban J connectivity index is 2.86. The van der Waals surface area contributed by atoms with Crippen molar-refractivity contribution in [2.24, 2.45) is 0 Å². The van der Waals surface area contributed by atoms with E-state index in [1.165, 1.54) is 11.1 Å². The van der Waals surface area contributed by atoms with Gasteiger partial charge in [0.05, 0.1) is 5.56 Å². The Kier molecular flexibility index (Phi) is 4.47. The van der Waals surface area contributed by atoms with Crippen molar-refractivity contribution in [3.8, 4) is 0 Å². The Bertz CT molecular complexity index is 528. The molecular weight excluding hydrogens is 248 g/mol. The van der Waals surface area contributed by atoms with E-state index in [2.05, 4.69) is 4.98 Å². The van der Waals surface area contributed by atoms with E-state index in [4.69, 9.17) is 4.74 Å². The average Bonchev–Trinajstić information content (AvgIpc) is 2.27. The first-order chi connectivity index (χ1) is 8.74. The summed E-state index contributed by atoms with van der Waals surface area (Å²) in [6.07, 6.45) is 1.41. The van der Waals surface area contributed by atoms with Crippen LogP contribution in [0.4, 0.5) is 4.79 Å². The third-order valence-corrected chi connectivity index (χ3v) is 2.32. The van der Waals surface area contributed by atoms with E-state index in [-0.39, 0.29) is 12.1 Å². The second-order valence-corrected chi connectivity index (χ2v) is 5.20. The molecule has 1 heterocycles. The van der Waals surface area contributed by atoms with E-state index in [0.29, 0.717) is 11.8 Å². The highest BCUT2D eigenvalue weighted by Crippen LogP contribution is 2.11. The molecule has 0 spiro atoms. The molecule has 0 aromatic carbocycles. The van der Waals surface area contributed by atoms with Gasteiger partial charge in [-0.25, -0.2) is 4.79 Å². The lowest BCUT2D eigenvalue weighted by Gasteiger charge is -2.24. The number of carbonyl (C=O) groups excluding carboxylic acids is 2. The predicted molar refractivity (Wildman–Crippen MR) is 70.2 cm³/mol. The number of pyridine rings is 1. The molecule has 104 valence electrons. The fourth-order valence-corrected chi connectivity index (χ4v) is 1.46. The molecule has 6 heteroatoms. The molecule has 0 fully saturated rings. The molecule has 0 aliphatic carbocycles. The van der Waals surface area contributed by atoms with E-state index < -0.39 is 17.3 Å². The minimum atomic E-state index is -0.590. The number of ether oxygens (including phenoxy) is 1. The monoisotopic (exact) mass is 266 g/mol. The van der Waals surface area contributed by atoms with Crippen molar-refractivity contribution in [3.63, 3.8) is 0 Å². The van der Waals surface area contributed by atoms with Crippen molar-refractivity contribution >= 4 is 12.4 Å². The van der Waals surface area contributed by atoms with Gasteiger partial charge in [-0.05, 0) is 32.4 Å². The summed E-state index contributed by atoms with van der Waals surface area (Å²) in [4.78, 5) is 37.8. The first-order valence-electron chi connectivity index (χ1n) is 5.84. The van der Waals surface area contributed by atoms with Gasteiger partial charge in [-0.3, -0.25) is 9.59 Å². The molecule has 0 unspecified atom stereocenters. The van der Waals surface area contributed by atoms with Gasteiger partial charge in [0.2, 0.25) is 0 Å². The van der Waals surface area contributed by atoms with E-state index in [1.807, 2.05) is 0 Å². The van der Waals surface area contributed by atoms with Crippen LogP contribution in [0.1, 0.15) is 36.7 Å². The standard InChI is InChI=1S/C13H18N2O4/c1-13(2,3)19-12(18)15(4)7-9-5-6-14-11(17)10(9)8-16/h5-6,8H,7H2,1-4H3,(H,14,17). The second kappa shape index (κ2) is 5.69. The number of amides is 1. The summed E-state index contributed by atoms with van der Waals surface area (Å²) in [7, 11) is 1.55. The van der Waals surface area contributed by atoms with E-state index >= 15 is 0 Å². The number of aldehydes is 1. The van der Waals surface area contributed by atoms with Crippen LogP contribution in [0.3, 0.4) is 0 Å². The highest BCUT2D eigenvalue weighted by Gasteiger charge is 2.20. The highest BCUT2D eigenvalue weighted by molar-refractivity contribution is 5.77. The third-order valence-electron chi connectivity index (χ3n) is 2.32. The average molecular weight is 266 g/mol. The largest absolute Gasteiger partial charge is 0.444 e. The maximum absolute atomic E-state index is 11.8. The molecule has 1 amide bonds. The summed E-state index contributed by atoms with van der Waals surface area (Å²) in [5.41, 5.74) is -0.553. The molecular formula is C13H18N2O4. The van der Waals surface area contributed by atoms with Gasteiger partial charge in [0.1, 0.15) is 5.60 Å². The zero-order valence-corrected chi connectivity index (χ0v) is 11.5. The summed E-state index contributed by atoms with van der Waals surface area (Å²) in [6.45, 7) is 5.43. The molecule has 0 aliphatic heterocycles. The molecule has 0 aliphatic rings. The maximum Gasteiger partial charge on any atom is 0.410 e. The quantitative estimate of drug-likeness (QED) is 0.842. The van der Waals surface area contributed by atoms with Crippen molar-refractivity contribution < 1.29 is 14.3 Å². The lowest BCUT2D eigenvalue weighted by atomic mass is 10.1. The zero-order valence-electron chi connectivity index (χ0n) is 11.5. The Labute approximate surface area is 111 Å². The number of H-pyrrole nitrogens is 1. The van der Waals surface area contributed by atoms with Crippen molar-refractivity contribution in [1.82, 2.24) is 9.88 Å². The summed E-state index contributed by atoms with van der Waals surface area (Å²) in [5.74, 6) is 0. The van der Waals surface area contributed by atoms with Crippen LogP contribution in [0.25, 0.3) is 0 Å². The number of carbonyl (C=O) groups is 2. The highest BCUT2D eigenvalue weighted by atomic mass is 16.6. The molecule has 0 radical (unpaired) electrons. The molecule has 0 saturated carbocycles. The molecule has 6 nitrogen and oxygen atoms in total. The smallest absolute Gasteiger partial charge is 0.410 e. The van der Waals surface area contributed by atoms with Crippen molar-refractivity contribution in [1.29, 1.82) is 0 Å². The van der Waals surface area contributed by atoms with E-state index in [0.717, 1.165) is 0 Å². The van der Waals surface area contributed by atoms with Gasteiger partial charge in [-0.2, -0.15) is 0 Å². The third kappa shape index (κ3) is 4.24. The normalized spacial score (nSPS) is 10.9. The van der Waals surface area contributed by atoms with Crippen molar-refractivity contribution in [2.75, 3.05) is 7.05 Å². The van der Waals surface area contributed by atoms with Crippen LogP contribution in [0, 0.1) is 0 Å². The number of rotatable bonds is 3. The molecule has 0 atom stereocenters. The summed E-state index contributed by atoms with van der Waals surface area (Å²) in [6, 6.07) is 1.59. The van der Waals surface area contributed by atoms with Crippen LogP contribution in [0.2, 0.25) is 0 Å². The topological polar surface area (TPSA) is 79.5 Å². The first kappa shape index (κ1) is 14.9. The zero-order chi connectivity index (χ0) is 14.6. The number of nitrogens with zero attached hydrogens (tertiary/aromatic N) is 1. The van der Waals surface area contributed by atoms with Crippen LogP contribution in [-0.4, -0.2) is 34.9 Å². The van der Waals surface area contributed by atoms with Crippen LogP contribution in [-0.2, 0) is 11.3 Å². The van der Waals surface area contributed by atoms with Crippen molar-refractivity contribution in [2.45, 2.75) is 32.9 Å². The predicted octanol–water partition coefficient (Wildman–Crippen LogP) is 1.55. The van der Waals surface area contributed by atoms with Gasteiger partial charge in [-0.1, -0.05) is 0 Å². The summed E-state index contributed by atoms with van der Waals surface area (Å²) < 4.78 is 5.19. The summed E-state index contributed by atoms with van der Waals surface area (Å²) >= 11 is 0. The number of hydrogen-bond donors (Lipinski definition) is 1. The Morgan fingerprint density at radius 3 is 2.63 bits per heavy atom. The van der Waals surface area contributed by atoms with Gasteiger partial charge in [0.25, 0.3) is 5.56 Å². The number of aromatic amines is 1. The Morgan fingerprint density at radius 1 is 1.47 bits per heavy atom.